The number of hydrogen-bond donors (Lipinski definition) is 1. The average Bonchev–Trinajstić information content (AvgIpc) is 2.25. The van der Waals surface area contributed by atoms with Gasteiger partial charge < -0.3 is 14.7 Å². The van der Waals surface area contributed by atoms with Crippen molar-refractivity contribution in [2.75, 3.05) is 13.1 Å². The predicted molar refractivity (Wildman–Crippen MR) is 67.3 cm³/mol. The van der Waals surface area contributed by atoms with E-state index in [4.69, 9.17) is 9.84 Å². The zero-order valence-electron chi connectivity index (χ0n) is 11.2. The summed E-state index contributed by atoms with van der Waals surface area (Å²) in [6, 6.07) is 0. The largest absolute Gasteiger partial charge is 0.478 e. The van der Waals surface area contributed by atoms with Gasteiger partial charge in [0.05, 0.1) is 0 Å². The number of nitrogens with zero attached hydrogens (tertiary/aromatic N) is 1. The number of carboxylic acids is 1. The Morgan fingerprint density at radius 3 is 2.50 bits per heavy atom. The highest BCUT2D eigenvalue weighted by atomic mass is 16.6. The first kappa shape index (κ1) is 14.5. The molecule has 1 fully saturated rings. The van der Waals surface area contributed by atoms with Gasteiger partial charge in [0, 0.05) is 24.6 Å². The summed E-state index contributed by atoms with van der Waals surface area (Å²) in [5.41, 5.74) is -0.364. The number of ether oxygens (including phenoxy) is 1. The number of rotatable bonds is 2. The van der Waals surface area contributed by atoms with Gasteiger partial charge in [-0.15, -0.1) is 0 Å². The van der Waals surface area contributed by atoms with Gasteiger partial charge in [0.15, 0.2) is 0 Å². The van der Waals surface area contributed by atoms with Crippen LogP contribution < -0.4 is 0 Å². The summed E-state index contributed by atoms with van der Waals surface area (Å²) in [7, 11) is 0. The topological polar surface area (TPSA) is 66.8 Å². The van der Waals surface area contributed by atoms with E-state index in [0.717, 1.165) is 12.8 Å². The van der Waals surface area contributed by atoms with Crippen LogP contribution >= 0.6 is 0 Å². The zero-order valence-corrected chi connectivity index (χ0v) is 11.2. The van der Waals surface area contributed by atoms with Crippen LogP contribution in [0.5, 0.6) is 0 Å². The standard InChI is InChI=1S/C13H21NO4/c1-9(11(15)16)10-6-5-7-14(8-10)12(17)18-13(2,3)4/h10H,1,5-8H2,2-4H3,(H,15,16). The molecule has 0 aromatic heterocycles. The second-order valence-electron chi connectivity index (χ2n) is 5.60. The number of carboxylic acid groups (broad SMARTS) is 1. The molecule has 0 aromatic rings. The maximum Gasteiger partial charge on any atom is 0.410 e. The minimum absolute atomic E-state index is 0.170. The molecule has 0 radical (unpaired) electrons. The summed E-state index contributed by atoms with van der Waals surface area (Å²) >= 11 is 0. The van der Waals surface area contributed by atoms with Crippen molar-refractivity contribution in [1.29, 1.82) is 0 Å². The van der Waals surface area contributed by atoms with E-state index in [9.17, 15) is 9.59 Å². The van der Waals surface area contributed by atoms with Gasteiger partial charge in [-0.05, 0) is 33.6 Å². The first-order chi connectivity index (χ1) is 8.20. The van der Waals surface area contributed by atoms with E-state index >= 15 is 0 Å². The number of hydrogen-bond acceptors (Lipinski definition) is 3. The Bertz CT molecular complexity index is 356. The highest BCUT2D eigenvalue weighted by molar-refractivity contribution is 5.86. The number of likely N-dealkylation sites (tertiary alicyclic amines) is 1. The Morgan fingerprint density at radius 2 is 2.00 bits per heavy atom. The van der Waals surface area contributed by atoms with Crippen LogP contribution in [0.25, 0.3) is 0 Å². The van der Waals surface area contributed by atoms with Crippen molar-refractivity contribution in [3.05, 3.63) is 12.2 Å². The molecule has 1 amide bonds. The summed E-state index contributed by atoms with van der Waals surface area (Å²) in [5.74, 6) is -1.17. The molecule has 0 aromatic carbocycles. The van der Waals surface area contributed by atoms with Crippen LogP contribution in [-0.4, -0.2) is 40.8 Å². The predicted octanol–water partition coefficient (Wildman–Crippen LogP) is 2.27. The summed E-state index contributed by atoms with van der Waals surface area (Å²) in [5, 5.41) is 8.91. The average molecular weight is 255 g/mol. The lowest BCUT2D eigenvalue weighted by Gasteiger charge is -2.34. The molecule has 1 atom stereocenters. The van der Waals surface area contributed by atoms with Gasteiger partial charge in [-0.25, -0.2) is 9.59 Å². The van der Waals surface area contributed by atoms with Crippen LogP contribution in [0.15, 0.2) is 12.2 Å². The number of carbonyl (C=O) groups excluding carboxylic acids is 1. The van der Waals surface area contributed by atoms with Gasteiger partial charge in [-0.2, -0.15) is 0 Å². The highest BCUT2D eigenvalue weighted by Crippen LogP contribution is 2.24. The lowest BCUT2D eigenvalue weighted by molar-refractivity contribution is -0.133. The molecule has 1 N–H and O–H groups in total. The minimum Gasteiger partial charge on any atom is -0.478 e. The summed E-state index contributed by atoms with van der Waals surface area (Å²) in [6.45, 7) is 9.98. The van der Waals surface area contributed by atoms with Crippen LogP contribution in [0.2, 0.25) is 0 Å². The fraction of sp³-hybridized carbons (Fsp3) is 0.692. The first-order valence-corrected chi connectivity index (χ1v) is 6.10. The molecule has 0 spiro atoms. The molecule has 1 unspecified atom stereocenters. The molecule has 0 aliphatic carbocycles. The van der Waals surface area contributed by atoms with Crippen LogP contribution in [0.1, 0.15) is 33.6 Å². The van der Waals surface area contributed by atoms with Crippen molar-refractivity contribution < 1.29 is 19.4 Å². The fourth-order valence-electron chi connectivity index (χ4n) is 1.93. The normalized spacial score (nSPS) is 20.4. The Balaban J connectivity index is 2.61. The van der Waals surface area contributed by atoms with Gasteiger partial charge in [0.2, 0.25) is 0 Å². The summed E-state index contributed by atoms with van der Waals surface area (Å²) in [4.78, 5) is 24.3. The zero-order chi connectivity index (χ0) is 13.9. The molecule has 1 heterocycles. The van der Waals surface area contributed by atoms with Gasteiger partial charge in [0.25, 0.3) is 0 Å². The monoisotopic (exact) mass is 255 g/mol. The maximum absolute atomic E-state index is 11.9. The second kappa shape index (κ2) is 5.42. The van der Waals surface area contributed by atoms with Crippen LogP contribution in [-0.2, 0) is 9.53 Å². The van der Waals surface area contributed by atoms with Gasteiger partial charge in [-0.3, -0.25) is 0 Å². The maximum atomic E-state index is 11.9. The molecular weight excluding hydrogens is 234 g/mol. The lowest BCUT2D eigenvalue weighted by Crippen LogP contribution is -2.43. The van der Waals surface area contributed by atoms with Crippen molar-refractivity contribution >= 4 is 12.1 Å². The smallest absolute Gasteiger partial charge is 0.410 e. The van der Waals surface area contributed by atoms with Crippen molar-refractivity contribution in [2.24, 2.45) is 5.92 Å². The molecule has 1 aliphatic heterocycles. The van der Waals surface area contributed by atoms with Gasteiger partial charge in [0.1, 0.15) is 5.60 Å². The Hall–Kier alpha value is -1.52. The van der Waals surface area contributed by atoms with E-state index in [-0.39, 0.29) is 17.6 Å². The van der Waals surface area contributed by atoms with Gasteiger partial charge >= 0.3 is 12.1 Å². The molecule has 5 heteroatoms. The van der Waals surface area contributed by atoms with E-state index in [2.05, 4.69) is 6.58 Å². The number of piperidine rings is 1. The van der Waals surface area contributed by atoms with Crippen LogP contribution in [0, 0.1) is 5.92 Å². The molecule has 1 saturated heterocycles. The minimum atomic E-state index is -0.994. The fourth-order valence-corrected chi connectivity index (χ4v) is 1.93. The Kier molecular flexibility index (Phi) is 4.38. The van der Waals surface area contributed by atoms with E-state index in [1.165, 1.54) is 0 Å². The third kappa shape index (κ3) is 4.05. The van der Waals surface area contributed by atoms with Crippen molar-refractivity contribution in [1.82, 2.24) is 4.90 Å². The Morgan fingerprint density at radius 1 is 1.39 bits per heavy atom. The third-order valence-electron chi connectivity index (χ3n) is 2.84. The van der Waals surface area contributed by atoms with Crippen LogP contribution in [0.4, 0.5) is 4.79 Å². The molecule has 1 aliphatic rings. The number of amides is 1. The summed E-state index contributed by atoms with van der Waals surface area (Å²) < 4.78 is 5.28. The van der Waals surface area contributed by atoms with Gasteiger partial charge in [-0.1, -0.05) is 6.58 Å². The third-order valence-corrected chi connectivity index (χ3v) is 2.84. The molecule has 0 saturated carbocycles. The van der Waals surface area contributed by atoms with Crippen molar-refractivity contribution in [2.45, 2.75) is 39.2 Å². The highest BCUT2D eigenvalue weighted by Gasteiger charge is 2.30. The lowest BCUT2D eigenvalue weighted by atomic mass is 9.91. The van der Waals surface area contributed by atoms with E-state index < -0.39 is 11.6 Å². The number of aliphatic carboxylic acids is 1. The number of carbonyl (C=O) groups is 2. The van der Waals surface area contributed by atoms with E-state index in [0.29, 0.717) is 13.1 Å². The first-order valence-electron chi connectivity index (χ1n) is 6.10. The second-order valence-corrected chi connectivity index (χ2v) is 5.60. The molecule has 1 rings (SSSR count). The molecule has 5 nitrogen and oxygen atoms in total. The quantitative estimate of drug-likeness (QED) is 0.769. The van der Waals surface area contributed by atoms with Crippen LogP contribution in [0.3, 0.4) is 0 Å². The molecule has 102 valence electrons. The van der Waals surface area contributed by atoms with Crippen molar-refractivity contribution in [3.63, 3.8) is 0 Å². The molecule has 18 heavy (non-hydrogen) atoms. The molecular formula is C13H21NO4. The Labute approximate surface area is 107 Å². The van der Waals surface area contributed by atoms with E-state index in [1.54, 1.807) is 4.90 Å². The van der Waals surface area contributed by atoms with Crippen molar-refractivity contribution in [3.8, 4) is 0 Å². The van der Waals surface area contributed by atoms with E-state index in [1.807, 2.05) is 20.8 Å². The molecule has 0 bridgehead atoms. The summed E-state index contributed by atoms with van der Waals surface area (Å²) in [6.07, 6.45) is 1.14. The SMILES string of the molecule is C=C(C(=O)O)C1CCCN(C(=O)OC(C)(C)C)C1.